The van der Waals surface area contributed by atoms with Gasteiger partial charge >= 0.3 is 5.97 Å². The van der Waals surface area contributed by atoms with Crippen LogP contribution in [-0.2, 0) is 16.1 Å². The Hall–Kier alpha value is -4.15. The molecule has 2 aromatic heterocycles. The number of nitrogens with zero attached hydrogens (tertiary/aromatic N) is 5. The highest BCUT2D eigenvalue weighted by Crippen LogP contribution is 2.30. The molecular weight excluding hydrogens is 478 g/mol. The van der Waals surface area contributed by atoms with E-state index in [1.807, 2.05) is 54.6 Å². The second-order valence-corrected chi connectivity index (χ2v) is 9.13. The zero-order chi connectivity index (χ0) is 25.2. The molecule has 182 valence electrons. The van der Waals surface area contributed by atoms with Crippen molar-refractivity contribution in [3.63, 3.8) is 0 Å². The molecule has 5 rings (SSSR count). The number of allylic oxidation sites excluding steroid dienone is 1. The lowest BCUT2D eigenvalue weighted by Crippen LogP contribution is -2.39. The Morgan fingerprint density at radius 1 is 1.19 bits per heavy atom. The van der Waals surface area contributed by atoms with Crippen LogP contribution in [0.1, 0.15) is 36.7 Å². The first-order valence-corrected chi connectivity index (χ1v) is 12.2. The molecule has 2 aromatic carbocycles. The van der Waals surface area contributed by atoms with Gasteiger partial charge in [-0.1, -0.05) is 59.0 Å². The summed E-state index contributed by atoms with van der Waals surface area (Å²) in [6.45, 7) is 3.54. The number of carbonyl (C=O) groups is 1. The van der Waals surface area contributed by atoms with Crippen LogP contribution >= 0.6 is 11.3 Å². The predicted octanol–water partition coefficient (Wildman–Crippen LogP) is 1.87. The van der Waals surface area contributed by atoms with E-state index in [0.717, 1.165) is 16.8 Å². The smallest absolute Gasteiger partial charge is 0.338 e. The monoisotopic (exact) mass is 501 g/mol. The lowest BCUT2D eigenvalue weighted by Gasteiger charge is -2.24. The molecule has 0 spiro atoms. The third kappa shape index (κ3) is 4.32. The van der Waals surface area contributed by atoms with E-state index in [1.54, 1.807) is 35.4 Å². The summed E-state index contributed by atoms with van der Waals surface area (Å²) in [6, 6.07) is 16.3. The molecule has 0 saturated heterocycles. The molecule has 9 nitrogen and oxygen atoms in total. The van der Waals surface area contributed by atoms with Gasteiger partial charge in [0.1, 0.15) is 5.69 Å². The van der Waals surface area contributed by atoms with Crippen molar-refractivity contribution in [1.29, 1.82) is 0 Å². The number of carbonyl (C=O) groups excluding carboxylic acids is 1. The van der Waals surface area contributed by atoms with Gasteiger partial charge in [0.15, 0.2) is 4.80 Å². The summed E-state index contributed by atoms with van der Waals surface area (Å²) in [4.78, 5) is 31.7. The van der Waals surface area contributed by atoms with Gasteiger partial charge in [-0.2, -0.15) is 0 Å². The number of aliphatic hydroxyl groups is 1. The molecule has 0 aliphatic carbocycles. The van der Waals surface area contributed by atoms with Crippen molar-refractivity contribution in [3.8, 4) is 5.69 Å². The maximum atomic E-state index is 13.7. The second-order valence-electron chi connectivity index (χ2n) is 8.12. The standard InChI is InChI=1S/C26H23N5O4S/c1-3-35-25(34)22-16(2)27-26-31(23(22)18-9-5-4-6-10-18)24(33)21(36-26)13-17-8-7-11-20(12-17)30-14-19(15-32)28-29-30/h4-14,23,32H,3,15H2,1-2H3/b21-13-. The maximum Gasteiger partial charge on any atom is 0.338 e. The molecule has 4 aromatic rings. The van der Waals surface area contributed by atoms with E-state index in [0.29, 0.717) is 26.3 Å². The summed E-state index contributed by atoms with van der Waals surface area (Å²) in [7, 11) is 0. The fourth-order valence-corrected chi connectivity index (χ4v) is 5.19. The normalized spacial score (nSPS) is 15.5. The molecule has 36 heavy (non-hydrogen) atoms. The molecule has 0 saturated carbocycles. The molecule has 0 fully saturated rings. The van der Waals surface area contributed by atoms with Gasteiger partial charge in [0.05, 0.1) is 46.9 Å². The SMILES string of the molecule is CCOC(=O)C1=C(C)N=c2s/c(=C\c3cccc(-n4cc(CO)nn4)c3)c(=O)n2C1c1ccccc1. The van der Waals surface area contributed by atoms with E-state index in [9.17, 15) is 14.7 Å². The molecule has 1 aliphatic rings. The number of esters is 1. The minimum absolute atomic E-state index is 0.198. The molecule has 0 radical (unpaired) electrons. The van der Waals surface area contributed by atoms with Gasteiger partial charge in [0.2, 0.25) is 0 Å². The molecule has 1 N–H and O–H groups in total. The minimum atomic E-state index is -0.637. The van der Waals surface area contributed by atoms with Gasteiger partial charge in [0, 0.05) is 0 Å². The van der Waals surface area contributed by atoms with Crippen LogP contribution in [0.4, 0.5) is 0 Å². The van der Waals surface area contributed by atoms with Crippen LogP contribution in [0.2, 0.25) is 0 Å². The zero-order valence-corrected chi connectivity index (χ0v) is 20.5. The lowest BCUT2D eigenvalue weighted by atomic mass is 9.96. The van der Waals surface area contributed by atoms with E-state index >= 15 is 0 Å². The first kappa shape index (κ1) is 23.6. The summed E-state index contributed by atoms with van der Waals surface area (Å²) in [6.07, 6.45) is 3.44. The first-order valence-electron chi connectivity index (χ1n) is 11.4. The van der Waals surface area contributed by atoms with Crippen molar-refractivity contribution in [1.82, 2.24) is 19.6 Å². The average molecular weight is 502 g/mol. The lowest BCUT2D eigenvalue weighted by molar-refractivity contribution is -0.139. The Kier molecular flexibility index (Phi) is 6.45. The molecule has 1 unspecified atom stereocenters. The number of ether oxygens (including phenoxy) is 1. The number of rotatable bonds is 6. The van der Waals surface area contributed by atoms with Crippen LogP contribution in [0.15, 0.2) is 81.9 Å². The van der Waals surface area contributed by atoms with Gasteiger partial charge < -0.3 is 9.84 Å². The fraction of sp³-hybridized carbons (Fsp3) is 0.192. The van der Waals surface area contributed by atoms with Crippen LogP contribution in [0.3, 0.4) is 0 Å². The first-order chi connectivity index (χ1) is 17.5. The van der Waals surface area contributed by atoms with Gasteiger partial charge in [-0.15, -0.1) is 5.10 Å². The molecule has 1 aliphatic heterocycles. The van der Waals surface area contributed by atoms with Crippen molar-refractivity contribution >= 4 is 23.4 Å². The number of thiazole rings is 1. The Balaban J connectivity index is 1.64. The largest absolute Gasteiger partial charge is 0.463 e. The molecule has 1 atom stereocenters. The van der Waals surface area contributed by atoms with Crippen LogP contribution in [0.5, 0.6) is 0 Å². The third-order valence-corrected chi connectivity index (χ3v) is 6.75. The summed E-state index contributed by atoms with van der Waals surface area (Å²) in [5.41, 5.74) is 3.44. The quantitative estimate of drug-likeness (QED) is 0.404. The van der Waals surface area contributed by atoms with Crippen molar-refractivity contribution in [2.75, 3.05) is 6.61 Å². The van der Waals surface area contributed by atoms with E-state index in [-0.39, 0.29) is 18.8 Å². The van der Waals surface area contributed by atoms with Crippen molar-refractivity contribution < 1.29 is 14.6 Å². The zero-order valence-electron chi connectivity index (χ0n) is 19.7. The van der Waals surface area contributed by atoms with Crippen molar-refractivity contribution in [2.24, 2.45) is 4.99 Å². The van der Waals surface area contributed by atoms with Gasteiger partial charge in [-0.25, -0.2) is 14.5 Å². The van der Waals surface area contributed by atoms with E-state index in [1.165, 1.54) is 11.3 Å². The molecule has 3 heterocycles. The topological polar surface area (TPSA) is 112 Å². The van der Waals surface area contributed by atoms with E-state index < -0.39 is 12.0 Å². The van der Waals surface area contributed by atoms with Gasteiger partial charge in [-0.05, 0) is 43.2 Å². The predicted molar refractivity (Wildman–Crippen MR) is 134 cm³/mol. The highest BCUT2D eigenvalue weighted by Gasteiger charge is 2.33. The second kappa shape index (κ2) is 9.84. The van der Waals surface area contributed by atoms with Gasteiger partial charge in [0.25, 0.3) is 5.56 Å². The van der Waals surface area contributed by atoms with Crippen molar-refractivity contribution in [2.45, 2.75) is 26.5 Å². The summed E-state index contributed by atoms with van der Waals surface area (Å²) < 4.78 is 8.94. The van der Waals surface area contributed by atoms with Gasteiger partial charge in [-0.3, -0.25) is 9.36 Å². The summed E-state index contributed by atoms with van der Waals surface area (Å²) in [5.74, 6) is -0.482. The Morgan fingerprint density at radius 2 is 2.00 bits per heavy atom. The molecular formula is C26H23N5O4S. The van der Waals surface area contributed by atoms with E-state index in [4.69, 9.17) is 4.74 Å². The number of aliphatic hydroxyl groups excluding tert-OH is 1. The summed E-state index contributed by atoms with van der Waals surface area (Å²) >= 11 is 1.27. The number of fused-ring (bicyclic) bond motifs is 1. The molecule has 10 heteroatoms. The summed E-state index contributed by atoms with van der Waals surface area (Å²) in [5, 5.41) is 17.2. The number of hydrogen-bond acceptors (Lipinski definition) is 8. The average Bonchev–Trinajstić information content (AvgIpc) is 3.49. The highest BCUT2D eigenvalue weighted by molar-refractivity contribution is 7.07. The van der Waals surface area contributed by atoms with Crippen LogP contribution < -0.4 is 14.9 Å². The highest BCUT2D eigenvalue weighted by atomic mass is 32.1. The Labute approximate surface area is 209 Å². The maximum absolute atomic E-state index is 13.7. The van der Waals surface area contributed by atoms with Crippen molar-refractivity contribution in [3.05, 3.63) is 109 Å². The van der Waals surface area contributed by atoms with Crippen LogP contribution in [0, 0.1) is 0 Å². The third-order valence-electron chi connectivity index (χ3n) is 5.77. The Morgan fingerprint density at radius 3 is 2.72 bits per heavy atom. The number of aromatic nitrogens is 4. The number of hydrogen-bond donors (Lipinski definition) is 1. The van der Waals surface area contributed by atoms with Crippen LogP contribution in [-0.4, -0.2) is 37.2 Å². The minimum Gasteiger partial charge on any atom is -0.463 e. The van der Waals surface area contributed by atoms with Crippen LogP contribution in [0.25, 0.3) is 11.8 Å². The van der Waals surface area contributed by atoms with E-state index in [2.05, 4.69) is 15.3 Å². The fourth-order valence-electron chi connectivity index (χ4n) is 4.15. The molecule has 0 bridgehead atoms. The molecule has 0 amide bonds. The Bertz CT molecular complexity index is 1650. The number of benzene rings is 2.